The number of carbonyl (C=O) groups is 1. The third kappa shape index (κ3) is 4.10. The molecule has 0 radical (unpaired) electrons. The number of hydrogen-bond acceptors (Lipinski definition) is 8. The lowest BCUT2D eigenvalue weighted by Crippen LogP contribution is -2.14. The number of aromatic nitrogens is 1. The minimum Gasteiger partial charge on any atom is -0.496 e. The average Bonchev–Trinajstić information content (AvgIpc) is 3.29. The van der Waals surface area contributed by atoms with E-state index in [-0.39, 0.29) is 22.8 Å². The summed E-state index contributed by atoms with van der Waals surface area (Å²) >= 11 is 3.03. The molecule has 0 fully saturated rings. The maximum absolute atomic E-state index is 12.4. The van der Waals surface area contributed by atoms with Crippen LogP contribution >= 0.6 is 22.7 Å². The number of hydrogen-bond donors (Lipinski definition) is 1. The van der Waals surface area contributed by atoms with E-state index in [0.717, 1.165) is 16.6 Å². The number of thiophene rings is 1. The molecule has 0 saturated carbocycles. The van der Waals surface area contributed by atoms with Crippen molar-refractivity contribution in [3.05, 3.63) is 51.7 Å². The molecule has 3 rings (SSSR count). The maximum Gasteiger partial charge on any atom is 0.342 e. The van der Waals surface area contributed by atoms with Gasteiger partial charge in [0.2, 0.25) is 10.0 Å². The molecule has 26 heavy (non-hydrogen) atoms. The number of thiazole rings is 1. The molecule has 2 N–H and O–H groups in total. The number of rotatable bonds is 6. The fraction of sp³-hybridized carbons (Fsp3) is 0.125. The number of methoxy groups -OCH3 is 1. The molecule has 3 aromatic rings. The van der Waals surface area contributed by atoms with Gasteiger partial charge < -0.3 is 9.47 Å². The summed E-state index contributed by atoms with van der Waals surface area (Å²) in [4.78, 5) is 16.6. The third-order valence-electron chi connectivity index (χ3n) is 3.39. The number of carbonyl (C=O) groups excluding carboxylic acids is 1. The Kier molecular flexibility index (Phi) is 5.37. The topological polar surface area (TPSA) is 109 Å². The summed E-state index contributed by atoms with van der Waals surface area (Å²) in [5.41, 5.74) is 1.60. The largest absolute Gasteiger partial charge is 0.496 e. The van der Waals surface area contributed by atoms with Gasteiger partial charge in [-0.15, -0.1) is 11.3 Å². The smallest absolute Gasteiger partial charge is 0.342 e. The number of ether oxygens (including phenoxy) is 2. The maximum atomic E-state index is 12.4. The molecule has 0 aliphatic rings. The number of nitrogens with two attached hydrogens (primary N) is 1. The van der Waals surface area contributed by atoms with Gasteiger partial charge in [-0.2, -0.15) is 11.3 Å². The van der Waals surface area contributed by atoms with E-state index in [4.69, 9.17) is 14.6 Å². The van der Waals surface area contributed by atoms with Crippen molar-refractivity contribution in [3.8, 4) is 16.3 Å². The van der Waals surface area contributed by atoms with E-state index < -0.39 is 16.0 Å². The average molecular weight is 410 g/mol. The van der Waals surface area contributed by atoms with Crippen molar-refractivity contribution in [2.75, 3.05) is 7.11 Å². The van der Waals surface area contributed by atoms with Crippen LogP contribution in [0.25, 0.3) is 10.6 Å². The van der Waals surface area contributed by atoms with E-state index in [2.05, 4.69) is 4.98 Å². The second-order valence-electron chi connectivity index (χ2n) is 5.14. The van der Waals surface area contributed by atoms with E-state index in [9.17, 15) is 13.2 Å². The molecule has 0 bridgehead atoms. The van der Waals surface area contributed by atoms with Gasteiger partial charge in [0.05, 0.1) is 17.7 Å². The highest BCUT2D eigenvalue weighted by molar-refractivity contribution is 7.89. The summed E-state index contributed by atoms with van der Waals surface area (Å²) in [6, 6.07) is 5.71. The molecular weight excluding hydrogens is 396 g/mol. The van der Waals surface area contributed by atoms with E-state index >= 15 is 0 Å². The number of sulfonamides is 1. The first kappa shape index (κ1) is 18.5. The monoisotopic (exact) mass is 410 g/mol. The van der Waals surface area contributed by atoms with Gasteiger partial charge in [0.15, 0.2) is 0 Å². The fourth-order valence-corrected chi connectivity index (χ4v) is 4.19. The molecule has 0 spiro atoms. The zero-order valence-corrected chi connectivity index (χ0v) is 16.0. The van der Waals surface area contributed by atoms with E-state index in [1.54, 1.807) is 16.7 Å². The van der Waals surface area contributed by atoms with E-state index in [1.165, 1.54) is 30.6 Å². The van der Waals surface area contributed by atoms with Crippen LogP contribution in [-0.2, 0) is 21.4 Å². The van der Waals surface area contributed by atoms with Crippen molar-refractivity contribution in [3.63, 3.8) is 0 Å². The van der Waals surface area contributed by atoms with Crippen molar-refractivity contribution in [2.45, 2.75) is 11.5 Å². The summed E-state index contributed by atoms with van der Waals surface area (Å²) in [6.45, 7) is -0.0395. The summed E-state index contributed by atoms with van der Waals surface area (Å²) in [7, 11) is -2.57. The molecule has 0 amide bonds. The molecule has 10 heteroatoms. The van der Waals surface area contributed by atoms with Crippen LogP contribution in [0.3, 0.4) is 0 Å². The summed E-state index contributed by atoms with van der Waals surface area (Å²) < 4.78 is 33.3. The minimum atomic E-state index is -3.95. The molecule has 0 aliphatic carbocycles. The quantitative estimate of drug-likeness (QED) is 0.626. The Balaban J connectivity index is 1.76. The van der Waals surface area contributed by atoms with Gasteiger partial charge >= 0.3 is 5.97 Å². The van der Waals surface area contributed by atoms with Gasteiger partial charge in [-0.05, 0) is 29.6 Å². The molecule has 1 aromatic carbocycles. The lowest BCUT2D eigenvalue weighted by molar-refractivity contribution is 0.0464. The van der Waals surface area contributed by atoms with Crippen LogP contribution < -0.4 is 9.88 Å². The van der Waals surface area contributed by atoms with Gasteiger partial charge in [0, 0.05) is 16.3 Å². The first-order valence-corrected chi connectivity index (χ1v) is 10.6. The van der Waals surface area contributed by atoms with Crippen LogP contribution in [0.15, 0.2) is 45.3 Å². The molecule has 2 aromatic heterocycles. The van der Waals surface area contributed by atoms with Crippen LogP contribution in [0.2, 0.25) is 0 Å². The zero-order valence-electron chi connectivity index (χ0n) is 13.5. The molecule has 0 aliphatic heterocycles. The molecule has 0 unspecified atom stereocenters. The number of nitrogens with zero attached hydrogens (tertiary/aromatic N) is 1. The number of primary sulfonamides is 1. The molecule has 2 heterocycles. The first-order chi connectivity index (χ1) is 12.4. The normalized spacial score (nSPS) is 11.3. The summed E-state index contributed by atoms with van der Waals surface area (Å²) in [5.74, 6) is -0.530. The molecule has 0 atom stereocenters. The molecule has 136 valence electrons. The second kappa shape index (κ2) is 7.54. The van der Waals surface area contributed by atoms with Crippen molar-refractivity contribution in [2.24, 2.45) is 5.14 Å². The second-order valence-corrected chi connectivity index (χ2v) is 8.34. The van der Waals surface area contributed by atoms with Gasteiger partial charge in [-0.25, -0.2) is 23.3 Å². The van der Waals surface area contributed by atoms with Gasteiger partial charge in [0.1, 0.15) is 22.9 Å². The Morgan fingerprint density at radius 1 is 1.27 bits per heavy atom. The minimum absolute atomic E-state index is 0.0210. The lowest BCUT2D eigenvalue weighted by Gasteiger charge is -2.09. The van der Waals surface area contributed by atoms with E-state index in [1.807, 2.05) is 16.8 Å². The van der Waals surface area contributed by atoms with Crippen LogP contribution in [-0.4, -0.2) is 26.5 Å². The first-order valence-electron chi connectivity index (χ1n) is 7.23. The number of benzene rings is 1. The van der Waals surface area contributed by atoms with Gasteiger partial charge in [-0.3, -0.25) is 0 Å². The van der Waals surface area contributed by atoms with Crippen molar-refractivity contribution < 1.29 is 22.7 Å². The van der Waals surface area contributed by atoms with Crippen LogP contribution in [0.1, 0.15) is 16.1 Å². The number of esters is 1. The zero-order chi connectivity index (χ0) is 18.7. The summed E-state index contributed by atoms with van der Waals surface area (Å²) in [6.07, 6.45) is 0. The molecule has 0 saturated heterocycles. The van der Waals surface area contributed by atoms with Gasteiger partial charge in [0.25, 0.3) is 0 Å². The highest BCUT2D eigenvalue weighted by atomic mass is 32.2. The Labute approximate surface area is 158 Å². The third-order valence-corrected chi connectivity index (χ3v) is 5.92. The van der Waals surface area contributed by atoms with E-state index in [0.29, 0.717) is 5.69 Å². The Bertz CT molecular complexity index is 1030. The van der Waals surface area contributed by atoms with Crippen LogP contribution in [0, 0.1) is 0 Å². The Morgan fingerprint density at radius 2 is 2.08 bits per heavy atom. The molecular formula is C16H14N2O5S3. The predicted octanol–water partition coefficient (Wildman–Crippen LogP) is 2.88. The highest BCUT2D eigenvalue weighted by Gasteiger charge is 2.19. The standard InChI is InChI=1S/C16H14N2O5S3/c1-22-14-3-2-12(26(17,20)21)6-13(14)16(19)23-7-11-9-25-15(18-11)10-4-5-24-8-10/h2-6,8-9H,7H2,1H3,(H2,17,20,21). The van der Waals surface area contributed by atoms with Crippen LogP contribution in [0.4, 0.5) is 0 Å². The fourth-order valence-electron chi connectivity index (χ4n) is 2.13. The van der Waals surface area contributed by atoms with Crippen LogP contribution in [0.5, 0.6) is 5.75 Å². The lowest BCUT2D eigenvalue weighted by atomic mass is 10.2. The van der Waals surface area contributed by atoms with Crippen molar-refractivity contribution in [1.29, 1.82) is 0 Å². The van der Waals surface area contributed by atoms with Crippen molar-refractivity contribution >= 4 is 38.7 Å². The van der Waals surface area contributed by atoms with Gasteiger partial charge in [-0.1, -0.05) is 0 Å². The predicted molar refractivity (Wildman–Crippen MR) is 98.9 cm³/mol. The Morgan fingerprint density at radius 3 is 2.73 bits per heavy atom. The summed E-state index contributed by atoms with van der Waals surface area (Å²) in [5, 5.41) is 11.7. The Hall–Kier alpha value is -2.27. The molecule has 7 nitrogen and oxygen atoms in total. The van der Waals surface area contributed by atoms with Crippen molar-refractivity contribution in [1.82, 2.24) is 4.98 Å². The SMILES string of the molecule is COc1ccc(S(N)(=O)=O)cc1C(=O)OCc1csc(-c2ccsc2)n1. The highest BCUT2D eigenvalue weighted by Crippen LogP contribution is 2.27.